The zero-order chi connectivity index (χ0) is 14.8. The minimum Gasteiger partial charge on any atom is -0.377 e. The highest BCUT2D eigenvalue weighted by atomic mass is 35.5. The maximum atomic E-state index is 9.16. The van der Waals surface area contributed by atoms with Gasteiger partial charge in [0, 0.05) is 11.2 Å². The van der Waals surface area contributed by atoms with Gasteiger partial charge in [0.25, 0.3) is 0 Å². The third-order valence-corrected chi connectivity index (χ3v) is 4.39. The first-order chi connectivity index (χ1) is 10.2. The predicted molar refractivity (Wildman–Crippen MR) is 87.8 cm³/mol. The lowest BCUT2D eigenvalue weighted by atomic mass is 10.1. The average Bonchev–Trinajstić information content (AvgIpc) is 2.94. The Labute approximate surface area is 131 Å². The molecule has 1 atom stereocenters. The van der Waals surface area contributed by atoms with Crippen LogP contribution in [0.5, 0.6) is 0 Å². The third-order valence-electron chi connectivity index (χ3n) is 3.30. The van der Waals surface area contributed by atoms with E-state index in [1.807, 2.05) is 24.6 Å². The van der Waals surface area contributed by atoms with E-state index in [9.17, 15) is 0 Å². The summed E-state index contributed by atoms with van der Waals surface area (Å²) in [6, 6.07) is 11.5. The van der Waals surface area contributed by atoms with Crippen molar-refractivity contribution in [3.8, 4) is 6.07 Å². The fourth-order valence-corrected chi connectivity index (χ4v) is 3.11. The van der Waals surface area contributed by atoms with Crippen LogP contribution in [0, 0.1) is 11.3 Å². The van der Waals surface area contributed by atoms with Crippen LogP contribution in [-0.4, -0.2) is 4.98 Å². The predicted octanol–water partition coefficient (Wildman–Crippen LogP) is 4.99. The van der Waals surface area contributed by atoms with Gasteiger partial charge in [-0.3, -0.25) is 4.98 Å². The van der Waals surface area contributed by atoms with Crippen LogP contribution in [0.3, 0.4) is 0 Å². The first-order valence-electron chi connectivity index (χ1n) is 6.46. The second-order valence-electron chi connectivity index (χ2n) is 4.74. The standard InChI is InChI=1S/C16H12ClN3S/c1-10(12-6-16-14(19-9-12)4-5-21-16)20-15-7-13(17)3-2-11(15)8-18/h2-7,9-10,20H,1H3. The summed E-state index contributed by atoms with van der Waals surface area (Å²) in [7, 11) is 0. The Morgan fingerprint density at radius 3 is 3.00 bits per heavy atom. The molecule has 0 spiro atoms. The molecule has 0 aliphatic heterocycles. The van der Waals surface area contributed by atoms with Crippen LogP contribution >= 0.6 is 22.9 Å². The number of pyridine rings is 1. The molecule has 0 amide bonds. The van der Waals surface area contributed by atoms with E-state index in [0.29, 0.717) is 10.6 Å². The lowest BCUT2D eigenvalue weighted by molar-refractivity contribution is 0.879. The normalized spacial score (nSPS) is 12.0. The van der Waals surface area contributed by atoms with Crippen molar-refractivity contribution in [1.29, 1.82) is 5.26 Å². The molecular formula is C16H12ClN3S. The second kappa shape index (κ2) is 5.72. The summed E-state index contributed by atoms with van der Waals surface area (Å²) in [6.07, 6.45) is 1.86. The van der Waals surface area contributed by atoms with Crippen LogP contribution in [0.1, 0.15) is 24.1 Å². The number of hydrogen-bond acceptors (Lipinski definition) is 4. The Kier molecular flexibility index (Phi) is 3.78. The van der Waals surface area contributed by atoms with Gasteiger partial charge < -0.3 is 5.32 Å². The fourth-order valence-electron chi connectivity index (χ4n) is 2.15. The van der Waals surface area contributed by atoms with Crippen molar-refractivity contribution in [2.75, 3.05) is 5.32 Å². The van der Waals surface area contributed by atoms with Crippen LogP contribution < -0.4 is 5.32 Å². The summed E-state index contributed by atoms with van der Waals surface area (Å²) in [5.41, 5.74) is 3.41. The van der Waals surface area contributed by atoms with Gasteiger partial charge in [-0.1, -0.05) is 11.6 Å². The van der Waals surface area contributed by atoms with Gasteiger partial charge in [0.15, 0.2) is 0 Å². The van der Waals surface area contributed by atoms with Crippen LogP contribution in [0.25, 0.3) is 10.2 Å². The molecule has 2 aromatic heterocycles. The highest BCUT2D eigenvalue weighted by Gasteiger charge is 2.10. The third kappa shape index (κ3) is 2.85. The summed E-state index contributed by atoms with van der Waals surface area (Å²) >= 11 is 7.68. The molecule has 104 valence electrons. The van der Waals surface area contributed by atoms with E-state index >= 15 is 0 Å². The van der Waals surface area contributed by atoms with Gasteiger partial charge in [-0.15, -0.1) is 11.3 Å². The second-order valence-corrected chi connectivity index (χ2v) is 6.12. The largest absolute Gasteiger partial charge is 0.377 e. The number of rotatable bonds is 3. The molecule has 1 unspecified atom stereocenters. The van der Waals surface area contributed by atoms with Gasteiger partial charge in [0.1, 0.15) is 6.07 Å². The van der Waals surface area contributed by atoms with Gasteiger partial charge in [0.05, 0.1) is 27.5 Å². The molecular weight excluding hydrogens is 302 g/mol. The molecule has 0 bridgehead atoms. The molecule has 1 N–H and O–H groups in total. The van der Waals surface area contributed by atoms with Crippen LogP contribution in [0.4, 0.5) is 5.69 Å². The van der Waals surface area contributed by atoms with Crippen molar-refractivity contribution in [3.63, 3.8) is 0 Å². The summed E-state index contributed by atoms with van der Waals surface area (Å²) in [5.74, 6) is 0. The maximum absolute atomic E-state index is 9.16. The number of thiophene rings is 1. The highest BCUT2D eigenvalue weighted by molar-refractivity contribution is 7.17. The fraction of sp³-hybridized carbons (Fsp3) is 0.125. The quantitative estimate of drug-likeness (QED) is 0.740. The van der Waals surface area contributed by atoms with E-state index < -0.39 is 0 Å². The number of aromatic nitrogens is 1. The van der Waals surface area contributed by atoms with E-state index in [-0.39, 0.29) is 6.04 Å². The molecule has 0 saturated heterocycles. The van der Waals surface area contributed by atoms with Gasteiger partial charge in [-0.2, -0.15) is 5.26 Å². The minimum atomic E-state index is 0.0366. The Morgan fingerprint density at radius 2 is 2.19 bits per heavy atom. The zero-order valence-electron chi connectivity index (χ0n) is 11.3. The molecule has 0 aliphatic rings. The van der Waals surface area contributed by atoms with E-state index in [1.54, 1.807) is 29.5 Å². The summed E-state index contributed by atoms with van der Waals surface area (Å²) in [6.45, 7) is 2.04. The number of fused-ring (bicyclic) bond motifs is 1. The van der Waals surface area contributed by atoms with E-state index in [1.165, 1.54) is 0 Å². The van der Waals surface area contributed by atoms with Crippen LogP contribution in [0.2, 0.25) is 5.02 Å². The molecule has 3 aromatic rings. The molecule has 0 saturated carbocycles. The van der Waals surface area contributed by atoms with Crippen molar-refractivity contribution in [2.24, 2.45) is 0 Å². The van der Waals surface area contributed by atoms with Crippen LogP contribution in [0.15, 0.2) is 41.9 Å². The number of anilines is 1. The molecule has 21 heavy (non-hydrogen) atoms. The summed E-state index contributed by atoms with van der Waals surface area (Å²) < 4.78 is 1.16. The molecule has 0 radical (unpaired) electrons. The number of hydrogen-bond donors (Lipinski definition) is 1. The van der Waals surface area contributed by atoms with Crippen molar-refractivity contribution in [2.45, 2.75) is 13.0 Å². The molecule has 3 rings (SSSR count). The Bertz CT molecular complexity index is 835. The Hall–Kier alpha value is -2.09. The van der Waals surface area contributed by atoms with Gasteiger partial charge >= 0.3 is 0 Å². The van der Waals surface area contributed by atoms with Crippen molar-refractivity contribution >= 4 is 38.8 Å². The zero-order valence-corrected chi connectivity index (χ0v) is 12.9. The number of nitriles is 1. The van der Waals surface area contributed by atoms with E-state index in [2.05, 4.69) is 22.4 Å². The molecule has 3 nitrogen and oxygen atoms in total. The number of benzene rings is 1. The van der Waals surface area contributed by atoms with Gasteiger partial charge in [-0.05, 0) is 48.2 Å². The van der Waals surface area contributed by atoms with Gasteiger partial charge in [-0.25, -0.2) is 0 Å². The SMILES string of the molecule is CC(Nc1cc(Cl)ccc1C#N)c1cnc2ccsc2c1. The number of nitrogens with one attached hydrogen (secondary N) is 1. The maximum Gasteiger partial charge on any atom is 0.101 e. The van der Waals surface area contributed by atoms with Crippen molar-refractivity contribution in [1.82, 2.24) is 4.98 Å². The minimum absolute atomic E-state index is 0.0366. The lowest BCUT2D eigenvalue weighted by Crippen LogP contribution is -2.08. The monoisotopic (exact) mass is 313 g/mol. The van der Waals surface area contributed by atoms with Crippen molar-refractivity contribution in [3.05, 3.63) is 58.1 Å². The van der Waals surface area contributed by atoms with Crippen molar-refractivity contribution < 1.29 is 0 Å². The molecule has 0 fully saturated rings. The number of nitrogens with zero attached hydrogens (tertiary/aromatic N) is 2. The topological polar surface area (TPSA) is 48.7 Å². The highest BCUT2D eigenvalue weighted by Crippen LogP contribution is 2.27. The molecule has 5 heteroatoms. The summed E-state index contributed by atoms with van der Waals surface area (Å²) in [5, 5.41) is 15.1. The average molecular weight is 314 g/mol. The molecule has 1 aromatic carbocycles. The molecule has 0 aliphatic carbocycles. The first-order valence-corrected chi connectivity index (χ1v) is 7.72. The van der Waals surface area contributed by atoms with Gasteiger partial charge in [0.2, 0.25) is 0 Å². The van der Waals surface area contributed by atoms with E-state index in [4.69, 9.17) is 16.9 Å². The Balaban J connectivity index is 1.90. The van der Waals surface area contributed by atoms with Crippen LogP contribution in [-0.2, 0) is 0 Å². The lowest BCUT2D eigenvalue weighted by Gasteiger charge is -2.16. The number of halogens is 1. The van der Waals surface area contributed by atoms with E-state index in [0.717, 1.165) is 21.5 Å². The first kappa shape index (κ1) is 13.9. The smallest absolute Gasteiger partial charge is 0.101 e. The summed E-state index contributed by atoms with van der Waals surface area (Å²) in [4.78, 5) is 4.44. The molecule has 2 heterocycles. The Morgan fingerprint density at radius 1 is 1.33 bits per heavy atom.